The summed E-state index contributed by atoms with van der Waals surface area (Å²) in [5.41, 5.74) is 0. The summed E-state index contributed by atoms with van der Waals surface area (Å²) >= 11 is 0. The third-order valence-electron chi connectivity index (χ3n) is 4.11. The molecule has 3 heterocycles. The van der Waals surface area contributed by atoms with E-state index < -0.39 is 0 Å². The van der Waals surface area contributed by atoms with E-state index in [9.17, 15) is 4.79 Å². The Bertz CT molecular complexity index is 698. The molecular weight excluding hydrogens is 316 g/mol. The molecule has 0 aliphatic carbocycles. The van der Waals surface area contributed by atoms with Gasteiger partial charge in [0.1, 0.15) is 23.8 Å². The number of amides is 1. The second-order valence-corrected chi connectivity index (χ2v) is 6.57. The third-order valence-corrected chi connectivity index (χ3v) is 4.11. The Morgan fingerprint density at radius 3 is 2.60 bits per heavy atom. The molecule has 2 aromatic rings. The predicted octanol–water partition coefficient (Wildman–Crippen LogP) is 2.31. The van der Waals surface area contributed by atoms with Crippen LogP contribution in [0.5, 0.6) is 0 Å². The molecule has 0 unspecified atom stereocenters. The number of piperazine rings is 1. The van der Waals surface area contributed by atoms with Crippen LogP contribution in [0.4, 0.5) is 17.5 Å². The Balaban J connectivity index is 1.60. The summed E-state index contributed by atoms with van der Waals surface area (Å²) in [6.07, 6.45) is 3.90. The SMILES string of the molecule is CC(C)CC(=O)N1CCN(c2cc(Nc3ccccn3)ncn2)CC1. The molecule has 7 heteroatoms. The zero-order valence-electron chi connectivity index (χ0n) is 14.7. The van der Waals surface area contributed by atoms with Crippen molar-refractivity contribution in [2.24, 2.45) is 5.92 Å². The number of carbonyl (C=O) groups excluding carboxylic acids is 1. The summed E-state index contributed by atoms with van der Waals surface area (Å²) in [6, 6.07) is 7.60. The van der Waals surface area contributed by atoms with E-state index in [1.165, 1.54) is 0 Å². The average Bonchev–Trinajstić information content (AvgIpc) is 2.62. The maximum absolute atomic E-state index is 12.2. The van der Waals surface area contributed by atoms with E-state index in [1.807, 2.05) is 29.2 Å². The van der Waals surface area contributed by atoms with Gasteiger partial charge in [0.15, 0.2) is 0 Å². The number of hydrogen-bond acceptors (Lipinski definition) is 6. The number of anilines is 3. The van der Waals surface area contributed by atoms with Gasteiger partial charge < -0.3 is 15.1 Å². The van der Waals surface area contributed by atoms with Crippen molar-refractivity contribution >= 4 is 23.4 Å². The highest BCUT2D eigenvalue weighted by molar-refractivity contribution is 5.76. The van der Waals surface area contributed by atoms with Gasteiger partial charge in [-0.25, -0.2) is 15.0 Å². The molecular formula is C18H24N6O. The maximum atomic E-state index is 12.2. The van der Waals surface area contributed by atoms with Crippen molar-refractivity contribution in [3.63, 3.8) is 0 Å². The van der Waals surface area contributed by atoms with Crippen LogP contribution in [0.2, 0.25) is 0 Å². The van der Waals surface area contributed by atoms with Gasteiger partial charge in [-0.2, -0.15) is 0 Å². The number of nitrogens with zero attached hydrogens (tertiary/aromatic N) is 5. The van der Waals surface area contributed by atoms with Gasteiger partial charge in [0.2, 0.25) is 5.91 Å². The lowest BCUT2D eigenvalue weighted by atomic mass is 10.1. The van der Waals surface area contributed by atoms with Gasteiger partial charge in [-0.05, 0) is 18.1 Å². The van der Waals surface area contributed by atoms with Crippen molar-refractivity contribution in [1.29, 1.82) is 0 Å². The minimum atomic E-state index is 0.245. The Labute approximate surface area is 148 Å². The number of pyridine rings is 1. The van der Waals surface area contributed by atoms with Crippen LogP contribution in [0, 0.1) is 5.92 Å². The van der Waals surface area contributed by atoms with Crippen molar-refractivity contribution in [3.8, 4) is 0 Å². The Kier molecular flexibility index (Phi) is 5.42. The normalized spacial score (nSPS) is 14.7. The first-order valence-electron chi connectivity index (χ1n) is 8.64. The van der Waals surface area contributed by atoms with Crippen molar-refractivity contribution in [2.45, 2.75) is 20.3 Å². The smallest absolute Gasteiger partial charge is 0.222 e. The fraction of sp³-hybridized carbons (Fsp3) is 0.444. The Hall–Kier alpha value is -2.70. The molecule has 0 radical (unpaired) electrons. The highest BCUT2D eigenvalue weighted by Gasteiger charge is 2.22. The zero-order valence-corrected chi connectivity index (χ0v) is 14.7. The van der Waals surface area contributed by atoms with Crippen LogP contribution in [-0.2, 0) is 4.79 Å². The summed E-state index contributed by atoms with van der Waals surface area (Å²) in [6.45, 7) is 7.18. The highest BCUT2D eigenvalue weighted by Crippen LogP contribution is 2.19. The van der Waals surface area contributed by atoms with Crippen molar-refractivity contribution < 1.29 is 4.79 Å². The van der Waals surface area contributed by atoms with Gasteiger partial charge >= 0.3 is 0 Å². The lowest BCUT2D eigenvalue weighted by Gasteiger charge is -2.35. The van der Waals surface area contributed by atoms with Gasteiger partial charge in [0.25, 0.3) is 0 Å². The standard InChI is InChI=1S/C18H24N6O/c1-14(2)11-18(25)24-9-7-23(8-10-24)17-12-16(20-13-21-17)22-15-5-3-4-6-19-15/h3-6,12-14H,7-11H2,1-2H3,(H,19,20,21,22). The van der Waals surface area contributed by atoms with Crippen molar-refractivity contribution in [3.05, 3.63) is 36.8 Å². The van der Waals surface area contributed by atoms with Crippen LogP contribution in [0.3, 0.4) is 0 Å². The van der Waals surface area contributed by atoms with Crippen molar-refractivity contribution in [2.75, 3.05) is 36.4 Å². The quantitative estimate of drug-likeness (QED) is 0.900. The number of rotatable bonds is 5. The van der Waals surface area contributed by atoms with E-state index in [-0.39, 0.29) is 5.91 Å². The molecule has 1 amide bonds. The summed E-state index contributed by atoms with van der Waals surface area (Å²) in [4.78, 5) is 29.2. The third kappa shape index (κ3) is 4.65. The lowest BCUT2D eigenvalue weighted by molar-refractivity contribution is -0.132. The molecule has 1 N–H and O–H groups in total. The number of aromatic nitrogens is 3. The second kappa shape index (κ2) is 7.92. The summed E-state index contributed by atoms with van der Waals surface area (Å²) in [7, 11) is 0. The van der Waals surface area contributed by atoms with Crippen LogP contribution in [-0.4, -0.2) is 51.9 Å². The molecule has 132 valence electrons. The molecule has 0 spiro atoms. The summed E-state index contributed by atoms with van der Waals surface area (Å²) < 4.78 is 0. The van der Waals surface area contributed by atoms with Gasteiger partial charge in [0.05, 0.1) is 0 Å². The van der Waals surface area contributed by atoms with Crippen LogP contribution < -0.4 is 10.2 Å². The Morgan fingerprint density at radius 1 is 1.12 bits per heavy atom. The maximum Gasteiger partial charge on any atom is 0.222 e. The monoisotopic (exact) mass is 340 g/mol. The molecule has 3 rings (SSSR count). The summed E-state index contributed by atoms with van der Waals surface area (Å²) in [5.74, 6) is 2.96. The number of nitrogens with one attached hydrogen (secondary N) is 1. The summed E-state index contributed by atoms with van der Waals surface area (Å²) in [5, 5.41) is 3.18. The lowest BCUT2D eigenvalue weighted by Crippen LogP contribution is -2.49. The highest BCUT2D eigenvalue weighted by atomic mass is 16.2. The van der Waals surface area contributed by atoms with Crippen LogP contribution in [0.1, 0.15) is 20.3 Å². The first-order chi connectivity index (χ1) is 12.1. The molecule has 2 aromatic heterocycles. The van der Waals surface area contributed by atoms with E-state index in [2.05, 4.69) is 39.0 Å². The predicted molar refractivity (Wildman–Crippen MR) is 97.8 cm³/mol. The van der Waals surface area contributed by atoms with Gasteiger partial charge in [-0.1, -0.05) is 19.9 Å². The zero-order chi connectivity index (χ0) is 17.6. The van der Waals surface area contributed by atoms with Crippen LogP contribution in [0.15, 0.2) is 36.8 Å². The molecule has 1 fully saturated rings. The average molecular weight is 340 g/mol. The first-order valence-corrected chi connectivity index (χ1v) is 8.64. The minimum Gasteiger partial charge on any atom is -0.353 e. The molecule has 0 saturated carbocycles. The molecule has 0 aromatic carbocycles. The van der Waals surface area contributed by atoms with Crippen LogP contribution >= 0.6 is 0 Å². The molecule has 7 nitrogen and oxygen atoms in total. The van der Waals surface area contributed by atoms with Gasteiger partial charge in [0, 0.05) is 44.9 Å². The fourth-order valence-corrected chi connectivity index (χ4v) is 2.82. The van der Waals surface area contributed by atoms with E-state index in [1.54, 1.807) is 12.5 Å². The topological polar surface area (TPSA) is 74.2 Å². The molecule has 25 heavy (non-hydrogen) atoms. The number of carbonyl (C=O) groups is 1. The largest absolute Gasteiger partial charge is 0.353 e. The van der Waals surface area contributed by atoms with E-state index in [0.29, 0.717) is 18.2 Å². The molecule has 1 aliphatic heterocycles. The van der Waals surface area contributed by atoms with Gasteiger partial charge in [-0.3, -0.25) is 4.79 Å². The van der Waals surface area contributed by atoms with Gasteiger partial charge in [-0.15, -0.1) is 0 Å². The minimum absolute atomic E-state index is 0.245. The van der Waals surface area contributed by atoms with E-state index in [4.69, 9.17) is 0 Å². The van der Waals surface area contributed by atoms with E-state index in [0.717, 1.165) is 37.8 Å². The molecule has 0 atom stereocenters. The van der Waals surface area contributed by atoms with E-state index >= 15 is 0 Å². The fourth-order valence-electron chi connectivity index (χ4n) is 2.82. The second-order valence-electron chi connectivity index (χ2n) is 6.57. The number of hydrogen-bond donors (Lipinski definition) is 1. The first kappa shape index (κ1) is 17.1. The molecule has 1 aliphatic rings. The Morgan fingerprint density at radius 2 is 1.92 bits per heavy atom. The van der Waals surface area contributed by atoms with Crippen LogP contribution in [0.25, 0.3) is 0 Å². The molecule has 0 bridgehead atoms. The molecule has 1 saturated heterocycles. The van der Waals surface area contributed by atoms with Crippen molar-refractivity contribution in [1.82, 2.24) is 19.9 Å².